The van der Waals surface area contributed by atoms with E-state index in [0.717, 1.165) is 5.70 Å². The van der Waals surface area contributed by atoms with Crippen LogP contribution in [0.2, 0.25) is 6.32 Å². The van der Waals surface area contributed by atoms with Gasteiger partial charge in [-0.3, -0.25) is 0 Å². The molecule has 0 bridgehead atoms. The molecule has 0 aromatic carbocycles. The third kappa shape index (κ3) is 7.24. The predicted octanol–water partition coefficient (Wildman–Crippen LogP) is 2.63. The van der Waals surface area contributed by atoms with E-state index in [2.05, 4.69) is 11.9 Å². The summed E-state index contributed by atoms with van der Waals surface area (Å²) in [5, 5.41) is 2.95. The van der Waals surface area contributed by atoms with Gasteiger partial charge in [-0.1, -0.05) is 26.0 Å². The zero-order valence-corrected chi connectivity index (χ0v) is 8.07. The third-order valence-electron chi connectivity index (χ3n) is 1.08. The van der Waals surface area contributed by atoms with Crippen molar-refractivity contribution in [3.63, 3.8) is 0 Å². The number of nitrogens with one attached hydrogen (secondary N) is 1. The monoisotopic (exact) mass is 151 g/mol. The van der Waals surface area contributed by atoms with Crippen LogP contribution in [0.1, 0.15) is 27.7 Å². The summed E-state index contributed by atoms with van der Waals surface area (Å²) < 4.78 is 0. The second kappa shape index (κ2) is 9.34. The van der Waals surface area contributed by atoms with Gasteiger partial charge in [-0.25, -0.2) is 0 Å². The minimum absolute atomic E-state index is 0.550. The molecule has 0 fully saturated rings. The Balaban J connectivity index is 0. The summed E-state index contributed by atoms with van der Waals surface area (Å²) in [7, 11) is 5.39. The molecule has 0 amide bonds. The lowest BCUT2D eigenvalue weighted by Gasteiger charge is -2.05. The van der Waals surface area contributed by atoms with Crippen LogP contribution in [0, 0.1) is 0 Å². The van der Waals surface area contributed by atoms with Gasteiger partial charge in [-0.2, -0.15) is 0 Å². The Morgan fingerprint density at radius 1 is 1.45 bits per heavy atom. The van der Waals surface area contributed by atoms with Crippen LogP contribution in [0.4, 0.5) is 0 Å². The van der Waals surface area contributed by atoms with E-state index in [-0.39, 0.29) is 0 Å². The van der Waals surface area contributed by atoms with Gasteiger partial charge in [-0.15, -0.1) is 0 Å². The molecule has 0 spiro atoms. The van der Waals surface area contributed by atoms with E-state index in [1.165, 1.54) is 5.57 Å². The van der Waals surface area contributed by atoms with Gasteiger partial charge < -0.3 is 5.32 Å². The first-order valence-corrected chi connectivity index (χ1v) is 3.96. The first-order chi connectivity index (χ1) is 5.22. The van der Waals surface area contributed by atoms with Crippen LogP contribution in [0.5, 0.6) is 0 Å². The van der Waals surface area contributed by atoms with Crippen molar-refractivity contribution in [2.24, 2.45) is 0 Å². The molecule has 0 rings (SSSR count). The van der Waals surface area contributed by atoms with Crippen LogP contribution in [0.15, 0.2) is 24.0 Å². The molecule has 1 N–H and O–H groups in total. The second-order valence-electron chi connectivity index (χ2n) is 2.03. The van der Waals surface area contributed by atoms with Crippen molar-refractivity contribution in [1.29, 1.82) is 0 Å². The van der Waals surface area contributed by atoms with E-state index >= 15 is 0 Å². The van der Waals surface area contributed by atoms with E-state index in [0.29, 0.717) is 6.32 Å². The van der Waals surface area contributed by atoms with E-state index in [1.807, 2.05) is 27.7 Å². The summed E-state index contributed by atoms with van der Waals surface area (Å²) in [5.74, 6) is 0. The molecule has 62 valence electrons. The largest absolute Gasteiger partial charge is 0.366 e. The van der Waals surface area contributed by atoms with Gasteiger partial charge in [0.2, 0.25) is 0 Å². The number of hydrogen-bond acceptors (Lipinski definition) is 1. The fraction of sp³-hybridized carbons (Fsp3) is 0.556. The third-order valence-corrected chi connectivity index (χ3v) is 1.08. The van der Waals surface area contributed by atoms with Gasteiger partial charge in [-0.05, 0) is 26.4 Å². The molecule has 11 heavy (non-hydrogen) atoms. The first kappa shape index (κ1) is 13.0. The maximum atomic E-state index is 5.39. The molecule has 0 heterocycles. The molecule has 0 saturated heterocycles. The van der Waals surface area contributed by atoms with E-state index in [4.69, 9.17) is 7.85 Å². The molecule has 0 aromatic heterocycles. The maximum Gasteiger partial charge on any atom is 0.0736 e. The lowest BCUT2D eigenvalue weighted by atomic mass is 9.99. The van der Waals surface area contributed by atoms with Crippen molar-refractivity contribution in [3.8, 4) is 0 Å². The zero-order chi connectivity index (χ0) is 9.28. The standard InChI is InChI=1S/C7H12BN.C2H6/c1-4-9-7(5-8)6(2)3;1-2/h4,9H,1,5H2,2-3H3;1-2H3. The number of hydrogen-bond donors (Lipinski definition) is 1. The minimum Gasteiger partial charge on any atom is -0.366 e. The molecule has 0 aromatic rings. The summed E-state index contributed by atoms with van der Waals surface area (Å²) >= 11 is 0. The van der Waals surface area contributed by atoms with Crippen LogP contribution in [0.3, 0.4) is 0 Å². The van der Waals surface area contributed by atoms with Crippen molar-refractivity contribution in [1.82, 2.24) is 5.32 Å². The van der Waals surface area contributed by atoms with Gasteiger partial charge in [0.1, 0.15) is 0 Å². The topological polar surface area (TPSA) is 12.0 Å². The Labute approximate surface area is 72.0 Å². The van der Waals surface area contributed by atoms with Crippen LogP contribution in [0.25, 0.3) is 0 Å². The average molecular weight is 151 g/mol. The average Bonchev–Trinajstić information content (AvgIpc) is 2.03. The van der Waals surface area contributed by atoms with Crippen LogP contribution < -0.4 is 5.32 Å². The number of rotatable bonds is 3. The lowest BCUT2D eigenvalue weighted by molar-refractivity contribution is 1.02. The van der Waals surface area contributed by atoms with Gasteiger partial charge in [0.05, 0.1) is 7.85 Å². The smallest absolute Gasteiger partial charge is 0.0736 e. The van der Waals surface area contributed by atoms with Crippen LogP contribution in [-0.4, -0.2) is 7.85 Å². The van der Waals surface area contributed by atoms with Gasteiger partial charge in [0.25, 0.3) is 0 Å². The molecule has 0 unspecified atom stereocenters. The Kier molecular flexibility index (Phi) is 11.0. The molecule has 0 atom stereocenters. The molecule has 1 nitrogen and oxygen atoms in total. The summed E-state index contributed by atoms with van der Waals surface area (Å²) in [6.45, 7) is 11.6. The number of allylic oxidation sites excluding steroid dienone is 2. The Morgan fingerprint density at radius 3 is 2.00 bits per heavy atom. The Morgan fingerprint density at radius 2 is 1.91 bits per heavy atom. The van der Waals surface area contributed by atoms with Gasteiger partial charge >= 0.3 is 0 Å². The van der Waals surface area contributed by atoms with Crippen molar-refractivity contribution in [2.45, 2.75) is 34.0 Å². The van der Waals surface area contributed by atoms with Gasteiger partial charge in [0.15, 0.2) is 0 Å². The molecule has 2 heteroatoms. The molecule has 0 aliphatic rings. The normalized spacial score (nSPS) is 7.27. The lowest BCUT2D eigenvalue weighted by Crippen LogP contribution is -2.04. The Hall–Kier alpha value is -0.655. The van der Waals surface area contributed by atoms with Crippen LogP contribution >= 0.6 is 0 Å². The molecule has 0 aliphatic carbocycles. The second-order valence-corrected chi connectivity index (χ2v) is 2.03. The highest BCUT2D eigenvalue weighted by molar-refractivity contribution is 6.10. The molecule has 0 saturated carbocycles. The van der Waals surface area contributed by atoms with Crippen molar-refractivity contribution in [2.75, 3.05) is 0 Å². The van der Waals surface area contributed by atoms with E-state index < -0.39 is 0 Å². The summed E-state index contributed by atoms with van der Waals surface area (Å²) in [4.78, 5) is 0. The van der Waals surface area contributed by atoms with Crippen molar-refractivity contribution >= 4 is 7.85 Å². The minimum atomic E-state index is 0.550. The van der Waals surface area contributed by atoms with E-state index in [9.17, 15) is 0 Å². The molecule has 0 aliphatic heterocycles. The molecular weight excluding hydrogens is 133 g/mol. The van der Waals surface area contributed by atoms with Crippen molar-refractivity contribution in [3.05, 3.63) is 24.0 Å². The van der Waals surface area contributed by atoms with Crippen molar-refractivity contribution < 1.29 is 0 Å². The molecule has 2 radical (unpaired) electrons. The molecular formula is C9H18BN. The summed E-state index contributed by atoms with van der Waals surface area (Å²) in [6, 6.07) is 0. The Bertz CT molecular complexity index is 124. The highest BCUT2D eigenvalue weighted by Gasteiger charge is 1.89. The highest BCUT2D eigenvalue weighted by atomic mass is 14.8. The first-order valence-electron chi connectivity index (χ1n) is 3.96. The highest BCUT2D eigenvalue weighted by Crippen LogP contribution is 2.01. The fourth-order valence-corrected chi connectivity index (χ4v) is 0.531. The van der Waals surface area contributed by atoms with Gasteiger partial charge in [0, 0.05) is 5.70 Å². The summed E-state index contributed by atoms with van der Waals surface area (Å²) in [5.41, 5.74) is 2.25. The predicted molar refractivity (Wildman–Crippen MR) is 53.6 cm³/mol. The zero-order valence-electron chi connectivity index (χ0n) is 8.07. The van der Waals surface area contributed by atoms with Crippen LogP contribution in [-0.2, 0) is 0 Å². The fourth-order valence-electron chi connectivity index (χ4n) is 0.531. The summed E-state index contributed by atoms with van der Waals surface area (Å²) in [6.07, 6.45) is 2.18. The maximum absolute atomic E-state index is 5.39. The quantitative estimate of drug-likeness (QED) is 0.611. The van der Waals surface area contributed by atoms with E-state index in [1.54, 1.807) is 6.20 Å². The SMILES string of the molecule is CC.[B]CC(NC=C)=C(C)C.